The average Bonchev–Trinajstić information content (AvgIpc) is 2.01. The van der Waals surface area contributed by atoms with Gasteiger partial charge in [0.25, 0.3) is 0 Å². The molecule has 0 aliphatic heterocycles. The third kappa shape index (κ3) is 7.34. The summed E-state index contributed by atoms with van der Waals surface area (Å²) in [5.74, 6) is 0. The number of urea groups is 1. The van der Waals surface area contributed by atoms with Crippen molar-refractivity contribution in [3.05, 3.63) is 0 Å². The Morgan fingerprint density at radius 3 is 2.75 bits per heavy atom. The van der Waals surface area contributed by atoms with Gasteiger partial charge < -0.3 is 16.4 Å². The summed E-state index contributed by atoms with van der Waals surface area (Å²) < 4.78 is 0. The number of hydrogen-bond donors (Lipinski definition) is 3. The maximum absolute atomic E-state index is 10.3. The van der Waals surface area contributed by atoms with E-state index in [9.17, 15) is 4.79 Å². The molecule has 0 radical (unpaired) electrons. The van der Waals surface area contributed by atoms with Gasteiger partial charge in [-0.05, 0) is 19.9 Å². The van der Waals surface area contributed by atoms with Crippen LogP contribution in [0.2, 0.25) is 0 Å². The Morgan fingerprint density at radius 1 is 1.58 bits per heavy atom. The number of carbonyl (C=O) groups is 1. The highest BCUT2D eigenvalue weighted by molar-refractivity contribution is 5.71. The highest BCUT2D eigenvalue weighted by Crippen LogP contribution is 1.85. The molecular weight excluding hydrogens is 154 g/mol. The normalized spacial score (nSPS) is 12.5. The van der Waals surface area contributed by atoms with Crippen molar-refractivity contribution in [1.82, 2.24) is 10.6 Å². The van der Waals surface area contributed by atoms with E-state index in [0.717, 1.165) is 6.54 Å². The number of unbranched alkanes of at least 4 members (excludes halogenated alkanes) is 1. The van der Waals surface area contributed by atoms with Gasteiger partial charge in [0.1, 0.15) is 0 Å². The van der Waals surface area contributed by atoms with Gasteiger partial charge in [0, 0.05) is 12.6 Å². The lowest BCUT2D eigenvalue weighted by atomic mass is 10.3. The zero-order valence-electron chi connectivity index (χ0n) is 7.89. The Bertz CT molecular complexity index is 127. The summed E-state index contributed by atoms with van der Waals surface area (Å²) in [5.41, 5.74) is 4.92. The van der Waals surface area contributed by atoms with Gasteiger partial charge in [0.15, 0.2) is 0 Å². The van der Waals surface area contributed by atoms with E-state index in [2.05, 4.69) is 17.6 Å². The molecule has 0 aliphatic rings. The molecule has 4 N–H and O–H groups in total. The van der Waals surface area contributed by atoms with Crippen LogP contribution in [-0.2, 0) is 0 Å². The first-order chi connectivity index (χ1) is 5.66. The van der Waals surface area contributed by atoms with E-state index in [1.807, 2.05) is 6.92 Å². The molecule has 0 bridgehead atoms. The Labute approximate surface area is 73.9 Å². The van der Waals surface area contributed by atoms with Crippen LogP contribution in [0, 0.1) is 0 Å². The van der Waals surface area contributed by atoms with E-state index >= 15 is 0 Å². The van der Waals surface area contributed by atoms with E-state index in [1.165, 1.54) is 12.8 Å². The summed E-state index contributed by atoms with van der Waals surface area (Å²) in [6, 6.07) is -0.164. The SMILES string of the molecule is CCCCNC(C)CNC(N)=O. The quantitative estimate of drug-likeness (QED) is 0.510. The lowest BCUT2D eigenvalue weighted by molar-refractivity contribution is 0.248. The number of nitrogens with two attached hydrogens (primary N) is 1. The number of amides is 2. The second kappa shape index (κ2) is 6.91. The number of nitrogens with one attached hydrogen (secondary N) is 2. The van der Waals surface area contributed by atoms with Crippen LogP contribution >= 0.6 is 0 Å². The molecule has 4 heteroatoms. The van der Waals surface area contributed by atoms with Crippen LogP contribution in [0.5, 0.6) is 0 Å². The van der Waals surface area contributed by atoms with Gasteiger partial charge >= 0.3 is 6.03 Å². The van der Waals surface area contributed by atoms with Crippen molar-refractivity contribution in [2.75, 3.05) is 13.1 Å². The first kappa shape index (κ1) is 11.2. The Kier molecular flexibility index (Phi) is 6.47. The third-order valence-corrected chi connectivity index (χ3v) is 1.61. The average molecular weight is 173 g/mol. The predicted octanol–water partition coefficient (Wildman–Crippen LogP) is 0.433. The standard InChI is InChI=1S/C8H19N3O/c1-3-4-5-10-7(2)6-11-8(9)12/h7,10H,3-6H2,1-2H3,(H3,9,11,12). The van der Waals surface area contributed by atoms with Gasteiger partial charge in [0.2, 0.25) is 0 Å². The monoisotopic (exact) mass is 173 g/mol. The molecule has 0 aliphatic carbocycles. The molecule has 0 aromatic rings. The van der Waals surface area contributed by atoms with E-state index in [-0.39, 0.29) is 0 Å². The Hall–Kier alpha value is -0.770. The van der Waals surface area contributed by atoms with Crippen molar-refractivity contribution in [2.24, 2.45) is 5.73 Å². The molecule has 0 aromatic carbocycles. The van der Waals surface area contributed by atoms with E-state index in [1.54, 1.807) is 0 Å². The third-order valence-electron chi connectivity index (χ3n) is 1.61. The van der Waals surface area contributed by atoms with Crippen LogP contribution < -0.4 is 16.4 Å². The summed E-state index contributed by atoms with van der Waals surface area (Å²) in [7, 11) is 0. The molecule has 12 heavy (non-hydrogen) atoms. The zero-order chi connectivity index (χ0) is 9.40. The van der Waals surface area contributed by atoms with Gasteiger partial charge in [-0.15, -0.1) is 0 Å². The lowest BCUT2D eigenvalue weighted by Crippen LogP contribution is -2.41. The predicted molar refractivity (Wildman–Crippen MR) is 50.0 cm³/mol. The number of rotatable bonds is 6. The number of hydrogen-bond acceptors (Lipinski definition) is 2. The van der Waals surface area contributed by atoms with Crippen molar-refractivity contribution in [2.45, 2.75) is 32.7 Å². The zero-order valence-corrected chi connectivity index (χ0v) is 7.89. The Balaban J connectivity index is 3.21. The lowest BCUT2D eigenvalue weighted by Gasteiger charge is -2.12. The highest BCUT2D eigenvalue weighted by Gasteiger charge is 2.00. The largest absolute Gasteiger partial charge is 0.352 e. The fourth-order valence-corrected chi connectivity index (χ4v) is 0.851. The molecule has 0 aromatic heterocycles. The maximum Gasteiger partial charge on any atom is 0.312 e. The van der Waals surface area contributed by atoms with Gasteiger partial charge in [-0.3, -0.25) is 0 Å². The molecule has 0 heterocycles. The minimum Gasteiger partial charge on any atom is -0.352 e. The minimum absolute atomic E-state index is 0.295. The molecule has 0 rings (SSSR count). The van der Waals surface area contributed by atoms with Gasteiger partial charge in [0.05, 0.1) is 0 Å². The van der Waals surface area contributed by atoms with Crippen molar-refractivity contribution in [1.29, 1.82) is 0 Å². The van der Waals surface area contributed by atoms with Crippen LogP contribution in [0.3, 0.4) is 0 Å². The fraction of sp³-hybridized carbons (Fsp3) is 0.875. The second-order valence-electron chi connectivity index (χ2n) is 2.95. The van der Waals surface area contributed by atoms with Gasteiger partial charge in [-0.1, -0.05) is 13.3 Å². The molecule has 2 amide bonds. The molecule has 0 spiro atoms. The Morgan fingerprint density at radius 2 is 2.25 bits per heavy atom. The summed E-state index contributed by atoms with van der Waals surface area (Å²) >= 11 is 0. The van der Waals surface area contributed by atoms with Crippen molar-refractivity contribution in [3.63, 3.8) is 0 Å². The molecule has 0 saturated carbocycles. The van der Waals surface area contributed by atoms with Gasteiger partial charge in [-0.2, -0.15) is 0 Å². The van der Waals surface area contributed by atoms with Crippen LogP contribution in [0.15, 0.2) is 0 Å². The number of carbonyl (C=O) groups excluding carboxylic acids is 1. The molecule has 0 fully saturated rings. The smallest absolute Gasteiger partial charge is 0.312 e. The highest BCUT2D eigenvalue weighted by atomic mass is 16.2. The van der Waals surface area contributed by atoms with Crippen LogP contribution in [0.25, 0.3) is 0 Å². The van der Waals surface area contributed by atoms with Gasteiger partial charge in [-0.25, -0.2) is 4.79 Å². The van der Waals surface area contributed by atoms with E-state index in [4.69, 9.17) is 5.73 Å². The van der Waals surface area contributed by atoms with Crippen LogP contribution in [0.4, 0.5) is 4.79 Å². The van der Waals surface area contributed by atoms with Crippen LogP contribution in [0.1, 0.15) is 26.7 Å². The molecule has 1 atom stereocenters. The summed E-state index contributed by atoms with van der Waals surface area (Å²) in [6.45, 7) is 5.76. The summed E-state index contributed by atoms with van der Waals surface area (Å²) in [5, 5.41) is 5.82. The van der Waals surface area contributed by atoms with E-state index < -0.39 is 6.03 Å². The maximum atomic E-state index is 10.3. The van der Waals surface area contributed by atoms with Crippen molar-refractivity contribution >= 4 is 6.03 Å². The molecule has 4 nitrogen and oxygen atoms in total. The minimum atomic E-state index is -0.459. The summed E-state index contributed by atoms with van der Waals surface area (Å²) in [4.78, 5) is 10.3. The number of primary amides is 1. The molecule has 0 saturated heterocycles. The van der Waals surface area contributed by atoms with Crippen LogP contribution in [-0.4, -0.2) is 25.2 Å². The topological polar surface area (TPSA) is 67.2 Å². The summed E-state index contributed by atoms with van der Waals surface area (Å²) in [6.07, 6.45) is 2.35. The van der Waals surface area contributed by atoms with Crippen molar-refractivity contribution < 1.29 is 4.79 Å². The second-order valence-corrected chi connectivity index (χ2v) is 2.95. The molecule has 72 valence electrons. The first-order valence-corrected chi connectivity index (χ1v) is 4.43. The van der Waals surface area contributed by atoms with E-state index in [0.29, 0.717) is 12.6 Å². The fourth-order valence-electron chi connectivity index (χ4n) is 0.851. The molecular formula is C8H19N3O. The first-order valence-electron chi connectivity index (χ1n) is 4.43. The van der Waals surface area contributed by atoms with Crippen molar-refractivity contribution in [3.8, 4) is 0 Å². The molecule has 1 unspecified atom stereocenters.